The van der Waals surface area contributed by atoms with Crippen LogP contribution in [0.2, 0.25) is 0 Å². The summed E-state index contributed by atoms with van der Waals surface area (Å²) in [5, 5.41) is 74.4. The van der Waals surface area contributed by atoms with Crippen LogP contribution in [0, 0.1) is 0 Å². The fourth-order valence-corrected chi connectivity index (χ4v) is 1.64. The first kappa shape index (κ1) is 18.8. The molecule has 0 saturated carbocycles. The molecule has 0 aromatic carbocycles. The third kappa shape index (κ3) is 4.38. The zero-order valence-electron chi connectivity index (χ0n) is 11.5. The van der Waals surface area contributed by atoms with Crippen molar-refractivity contribution in [3.63, 3.8) is 0 Å². The maximum atomic E-state index is 9.75. The monoisotopic (exact) mass is 320 g/mol. The van der Waals surface area contributed by atoms with Crippen LogP contribution >= 0.6 is 0 Å². The number of aromatic nitrogens is 2. The van der Waals surface area contributed by atoms with Gasteiger partial charge in [-0.25, -0.2) is 0 Å². The van der Waals surface area contributed by atoms with E-state index >= 15 is 0 Å². The minimum Gasteiger partial charge on any atom is -0.394 e. The van der Waals surface area contributed by atoms with Gasteiger partial charge in [-0.15, -0.1) is 0 Å². The molecule has 1 rings (SSSR count). The Kier molecular flexibility index (Phi) is 7.19. The molecule has 0 radical (unpaired) electrons. The van der Waals surface area contributed by atoms with E-state index in [1.54, 1.807) is 0 Å². The highest BCUT2D eigenvalue weighted by atomic mass is 16.4. The molecule has 0 spiro atoms. The highest BCUT2D eigenvalue weighted by Gasteiger charge is 2.29. The first-order valence-corrected chi connectivity index (χ1v) is 6.45. The van der Waals surface area contributed by atoms with Crippen LogP contribution in [0.4, 0.5) is 0 Å². The molecule has 1 aromatic heterocycles. The highest BCUT2D eigenvalue weighted by Crippen LogP contribution is 2.20. The Morgan fingerprint density at radius 2 is 1.00 bits per heavy atom. The van der Waals surface area contributed by atoms with Crippen LogP contribution in [-0.4, -0.2) is 88.4 Å². The van der Waals surface area contributed by atoms with Gasteiger partial charge < -0.3 is 40.9 Å². The van der Waals surface area contributed by atoms with Crippen LogP contribution in [0.25, 0.3) is 0 Å². The number of nitrogens with zero attached hydrogens (tertiary/aromatic N) is 2. The van der Waals surface area contributed by atoms with Gasteiger partial charge in [0, 0.05) is 0 Å². The number of aliphatic hydroxyl groups is 8. The molecule has 0 aliphatic carbocycles. The van der Waals surface area contributed by atoms with Crippen molar-refractivity contribution in [2.24, 2.45) is 0 Å². The van der Waals surface area contributed by atoms with E-state index < -0.39 is 49.8 Å². The summed E-state index contributed by atoms with van der Waals surface area (Å²) in [6.45, 7) is -1.51. The van der Waals surface area contributed by atoms with Crippen LogP contribution < -0.4 is 0 Å². The van der Waals surface area contributed by atoms with E-state index in [2.05, 4.69) is 9.97 Å². The van der Waals surface area contributed by atoms with Gasteiger partial charge in [0.15, 0.2) is 0 Å². The van der Waals surface area contributed by atoms with Crippen LogP contribution in [0.1, 0.15) is 23.6 Å². The average Bonchev–Trinajstić information content (AvgIpc) is 2.57. The fraction of sp³-hybridized carbons (Fsp3) is 0.667. The van der Waals surface area contributed by atoms with Gasteiger partial charge in [0.05, 0.1) is 37.0 Å². The van der Waals surface area contributed by atoms with Crippen molar-refractivity contribution in [2.75, 3.05) is 13.2 Å². The predicted molar refractivity (Wildman–Crippen MR) is 70.2 cm³/mol. The van der Waals surface area contributed by atoms with Gasteiger partial charge >= 0.3 is 0 Å². The summed E-state index contributed by atoms with van der Waals surface area (Å²) >= 11 is 0. The maximum absolute atomic E-state index is 9.75. The van der Waals surface area contributed by atoms with Crippen molar-refractivity contribution in [1.82, 2.24) is 9.97 Å². The Balaban J connectivity index is 2.82. The summed E-state index contributed by atoms with van der Waals surface area (Å²) in [5.74, 6) is 0. The van der Waals surface area contributed by atoms with E-state index in [9.17, 15) is 30.6 Å². The molecule has 0 fully saturated rings. The normalized spacial score (nSPS) is 20.0. The summed E-state index contributed by atoms with van der Waals surface area (Å²) in [6, 6.07) is 0. The van der Waals surface area contributed by atoms with Gasteiger partial charge in [-0.2, -0.15) is 0 Å². The van der Waals surface area contributed by atoms with Gasteiger partial charge in [-0.05, 0) is 0 Å². The van der Waals surface area contributed by atoms with E-state index in [4.69, 9.17) is 10.2 Å². The summed E-state index contributed by atoms with van der Waals surface area (Å²) in [7, 11) is 0. The van der Waals surface area contributed by atoms with Gasteiger partial charge in [-0.1, -0.05) is 0 Å². The Morgan fingerprint density at radius 3 is 1.23 bits per heavy atom. The molecule has 1 aromatic rings. The molecule has 0 aliphatic rings. The minimum atomic E-state index is -1.68. The van der Waals surface area contributed by atoms with Gasteiger partial charge in [0.1, 0.15) is 36.6 Å². The lowest BCUT2D eigenvalue weighted by atomic mass is 10.0. The first-order chi connectivity index (χ1) is 10.3. The third-order valence-electron chi connectivity index (χ3n) is 3.11. The second-order valence-corrected chi connectivity index (χ2v) is 4.74. The zero-order chi connectivity index (χ0) is 16.9. The van der Waals surface area contributed by atoms with Crippen molar-refractivity contribution >= 4 is 0 Å². The van der Waals surface area contributed by atoms with Crippen LogP contribution in [-0.2, 0) is 0 Å². The van der Waals surface area contributed by atoms with Crippen LogP contribution in [0.5, 0.6) is 0 Å². The number of rotatable bonds is 8. The second-order valence-electron chi connectivity index (χ2n) is 4.74. The lowest BCUT2D eigenvalue weighted by molar-refractivity contribution is -0.0808. The quantitative estimate of drug-likeness (QED) is 0.234. The first-order valence-electron chi connectivity index (χ1n) is 6.45. The van der Waals surface area contributed by atoms with E-state index in [-0.39, 0.29) is 11.4 Å². The molecule has 126 valence electrons. The molecule has 6 atom stereocenters. The van der Waals surface area contributed by atoms with E-state index in [0.717, 1.165) is 12.4 Å². The molecule has 1 heterocycles. The molecule has 10 heteroatoms. The van der Waals surface area contributed by atoms with E-state index in [1.807, 2.05) is 0 Å². The van der Waals surface area contributed by atoms with Gasteiger partial charge in [0.25, 0.3) is 0 Å². The highest BCUT2D eigenvalue weighted by molar-refractivity contribution is 5.10. The molecule has 10 nitrogen and oxygen atoms in total. The van der Waals surface area contributed by atoms with Gasteiger partial charge in [-0.3, -0.25) is 9.97 Å². The van der Waals surface area contributed by atoms with Crippen molar-refractivity contribution in [3.05, 3.63) is 23.8 Å². The third-order valence-corrected chi connectivity index (χ3v) is 3.11. The summed E-state index contributed by atoms with van der Waals surface area (Å²) in [4.78, 5) is 7.45. The average molecular weight is 320 g/mol. The van der Waals surface area contributed by atoms with E-state index in [1.165, 1.54) is 0 Å². The molecule has 0 amide bonds. The Labute approximate surface area is 125 Å². The van der Waals surface area contributed by atoms with Crippen molar-refractivity contribution in [3.8, 4) is 0 Å². The topological polar surface area (TPSA) is 188 Å². The van der Waals surface area contributed by atoms with Crippen molar-refractivity contribution in [1.29, 1.82) is 0 Å². The molecule has 22 heavy (non-hydrogen) atoms. The molecule has 0 unspecified atom stereocenters. The number of aliphatic hydroxyl groups excluding tert-OH is 8. The predicted octanol–water partition coefficient (Wildman–Crippen LogP) is -4.03. The van der Waals surface area contributed by atoms with Crippen LogP contribution in [0.15, 0.2) is 12.4 Å². The second kappa shape index (κ2) is 8.41. The van der Waals surface area contributed by atoms with E-state index in [0.29, 0.717) is 0 Å². The Morgan fingerprint density at radius 1 is 0.682 bits per heavy atom. The standard InChI is InChI=1S/C12H20N2O8/c15-3-7(17)11(21)9(19)5-1-13-6(2-14-5)10(20)12(22)8(18)4-16/h1-2,7-12,15-22H,3-4H2/t7-,8-,9+,10+,11+,12+/m1/s1. The molecule has 8 N–H and O–H groups in total. The summed E-state index contributed by atoms with van der Waals surface area (Å²) in [6.07, 6.45) is -7.74. The minimum absolute atomic E-state index is 0.131. The van der Waals surface area contributed by atoms with Crippen molar-refractivity contribution in [2.45, 2.75) is 36.6 Å². The molecule has 0 saturated heterocycles. The lowest BCUT2D eigenvalue weighted by Gasteiger charge is -2.22. The largest absolute Gasteiger partial charge is 0.394 e. The maximum Gasteiger partial charge on any atom is 0.126 e. The van der Waals surface area contributed by atoms with Crippen molar-refractivity contribution < 1.29 is 40.9 Å². The molecular formula is C12H20N2O8. The number of hydrogen-bond donors (Lipinski definition) is 8. The molecule has 0 bridgehead atoms. The molecule has 0 aliphatic heterocycles. The summed E-state index contributed by atoms with van der Waals surface area (Å²) < 4.78 is 0. The smallest absolute Gasteiger partial charge is 0.126 e. The summed E-state index contributed by atoms with van der Waals surface area (Å²) in [5.41, 5.74) is -0.263. The fourth-order valence-electron chi connectivity index (χ4n) is 1.64. The zero-order valence-corrected chi connectivity index (χ0v) is 11.5. The Hall–Kier alpha value is -1.24. The van der Waals surface area contributed by atoms with Gasteiger partial charge in [0.2, 0.25) is 0 Å². The lowest BCUT2D eigenvalue weighted by Crippen LogP contribution is -2.36. The SMILES string of the molecule is OC[C@@H](O)[C@H](O)[C@@H](O)c1cnc([C@H](O)[C@@H](O)[C@H](O)CO)cn1. The Bertz CT molecular complexity index is 404. The number of hydrogen-bond acceptors (Lipinski definition) is 10. The van der Waals surface area contributed by atoms with Crippen LogP contribution in [0.3, 0.4) is 0 Å². The molecular weight excluding hydrogens is 300 g/mol.